The van der Waals surface area contributed by atoms with Crippen molar-refractivity contribution in [3.05, 3.63) is 64.5 Å². The van der Waals surface area contributed by atoms with Crippen molar-refractivity contribution in [2.75, 3.05) is 0 Å². The molecule has 0 bridgehead atoms. The van der Waals surface area contributed by atoms with Gasteiger partial charge in [0.25, 0.3) is 5.91 Å². The zero-order valence-corrected chi connectivity index (χ0v) is 14.4. The first-order valence-corrected chi connectivity index (χ1v) is 8.35. The highest BCUT2D eigenvalue weighted by Crippen LogP contribution is 2.22. The lowest BCUT2D eigenvalue weighted by Gasteiger charge is -2.20. The Bertz CT molecular complexity index is 1120. The first kappa shape index (κ1) is 16.1. The fourth-order valence-electron chi connectivity index (χ4n) is 2.94. The second-order valence-corrected chi connectivity index (χ2v) is 6.51. The molecule has 0 saturated carbocycles. The molecule has 4 aromatic rings. The van der Waals surface area contributed by atoms with Crippen molar-refractivity contribution in [1.29, 1.82) is 0 Å². The third-order valence-corrected chi connectivity index (χ3v) is 4.33. The molecule has 0 unspecified atom stereocenters. The van der Waals surface area contributed by atoms with Crippen LogP contribution in [0.5, 0.6) is 0 Å². The van der Waals surface area contributed by atoms with Crippen molar-refractivity contribution in [2.24, 2.45) is 5.92 Å². The summed E-state index contributed by atoms with van der Waals surface area (Å²) in [4.78, 5) is 32.3. The highest BCUT2D eigenvalue weighted by atomic mass is 16.2. The Morgan fingerprint density at radius 2 is 2.00 bits per heavy atom. The number of hydrogen-bond donors (Lipinski definition) is 3. The third-order valence-electron chi connectivity index (χ3n) is 4.33. The number of nitrogens with one attached hydrogen (secondary N) is 3. The zero-order valence-electron chi connectivity index (χ0n) is 14.4. The molecule has 3 N–H and O–H groups in total. The minimum Gasteiger partial charge on any atom is -0.342 e. The minimum atomic E-state index is -0.382. The number of amides is 1. The van der Waals surface area contributed by atoms with Crippen molar-refractivity contribution in [1.82, 2.24) is 29.9 Å². The first-order chi connectivity index (χ1) is 12.5. The highest BCUT2D eigenvalue weighted by Gasteiger charge is 2.22. The minimum absolute atomic E-state index is 0.125. The summed E-state index contributed by atoms with van der Waals surface area (Å²) in [7, 11) is 0. The molecule has 3 aromatic heterocycles. The van der Waals surface area contributed by atoms with Crippen LogP contribution in [0.25, 0.3) is 16.7 Å². The molecule has 0 aliphatic rings. The number of rotatable bonds is 4. The van der Waals surface area contributed by atoms with Gasteiger partial charge in [-0.05, 0) is 30.2 Å². The molecule has 132 valence electrons. The Hall–Kier alpha value is -3.42. The van der Waals surface area contributed by atoms with Crippen molar-refractivity contribution in [3.8, 4) is 0 Å². The average molecular weight is 350 g/mol. The average Bonchev–Trinajstić information content (AvgIpc) is 3.22. The molecule has 4 rings (SSSR count). The Balaban J connectivity index is 1.65. The van der Waals surface area contributed by atoms with E-state index < -0.39 is 0 Å². The van der Waals surface area contributed by atoms with E-state index in [9.17, 15) is 9.59 Å². The smallest absolute Gasteiger partial charge is 0.342 e. The fraction of sp³-hybridized carbons (Fsp3) is 0.222. The van der Waals surface area contributed by atoms with Gasteiger partial charge in [-0.1, -0.05) is 26.0 Å². The number of pyridine rings is 1. The highest BCUT2D eigenvalue weighted by molar-refractivity contribution is 5.94. The first-order valence-electron chi connectivity index (χ1n) is 8.35. The van der Waals surface area contributed by atoms with Gasteiger partial charge in [0, 0.05) is 6.20 Å². The topological polar surface area (TPSA) is 108 Å². The lowest BCUT2D eigenvalue weighted by atomic mass is 10.0. The zero-order chi connectivity index (χ0) is 18.3. The Kier molecular flexibility index (Phi) is 3.80. The summed E-state index contributed by atoms with van der Waals surface area (Å²) in [6.45, 7) is 4.03. The number of carbonyl (C=O) groups excluding carboxylic acids is 1. The van der Waals surface area contributed by atoms with Crippen molar-refractivity contribution < 1.29 is 4.79 Å². The van der Waals surface area contributed by atoms with Crippen molar-refractivity contribution in [3.63, 3.8) is 0 Å². The second kappa shape index (κ2) is 6.14. The summed E-state index contributed by atoms with van der Waals surface area (Å²) in [5.74, 6) is 0.551. The number of hydrogen-bond acceptors (Lipinski definition) is 4. The van der Waals surface area contributed by atoms with Crippen LogP contribution in [-0.2, 0) is 0 Å². The van der Waals surface area contributed by atoms with Crippen LogP contribution in [0.15, 0.2) is 47.4 Å². The molecule has 26 heavy (non-hydrogen) atoms. The van der Waals surface area contributed by atoms with E-state index in [-0.39, 0.29) is 23.6 Å². The Morgan fingerprint density at radius 3 is 2.77 bits per heavy atom. The fourth-order valence-corrected chi connectivity index (χ4v) is 2.94. The Morgan fingerprint density at radius 1 is 1.19 bits per heavy atom. The number of carbonyl (C=O) groups is 1. The predicted octanol–water partition coefficient (Wildman–Crippen LogP) is 2.03. The van der Waals surface area contributed by atoms with Crippen LogP contribution in [0.2, 0.25) is 0 Å². The van der Waals surface area contributed by atoms with Gasteiger partial charge >= 0.3 is 5.69 Å². The monoisotopic (exact) mass is 350 g/mol. The lowest BCUT2D eigenvalue weighted by Crippen LogP contribution is -2.32. The summed E-state index contributed by atoms with van der Waals surface area (Å²) < 4.78 is 1.31. The molecule has 8 nitrogen and oxygen atoms in total. The molecule has 1 amide bonds. The molecule has 1 atom stereocenters. The van der Waals surface area contributed by atoms with Crippen LogP contribution in [0.1, 0.15) is 36.1 Å². The predicted molar refractivity (Wildman–Crippen MR) is 97.0 cm³/mol. The van der Waals surface area contributed by atoms with Crippen LogP contribution in [-0.4, -0.2) is 30.5 Å². The van der Waals surface area contributed by atoms with E-state index in [2.05, 4.69) is 25.5 Å². The van der Waals surface area contributed by atoms with Crippen LogP contribution >= 0.6 is 0 Å². The summed E-state index contributed by atoms with van der Waals surface area (Å²) in [6.07, 6.45) is 1.48. The number of fused-ring (bicyclic) bond motifs is 2. The molecule has 3 heterocycles. The molecule has 0 radical (unpaired) electrons. The molecule has 0 aliphatic heterocycles. The van der Waals surface area contributed by atoms with Crippen molar-refractivity contribution in [2.45, 2.75) is 19.9 Å². The van der Waals surface area contributed by atoms with E-state index in [0.29, 0.717) is 17.0 Å². The molecule has 1 aromatic carbocycles. The largest absolute Gasteiger partial charge is 0.347 e. The third kappa shape index (κ3) is 2.75. The Labute approximate surface area is 148 Å². The van der Waals surface area contributed by atoms with Crippen LogP contribution in [0.4, 0.5) is 0 Å². The molecule has 8 heteroatoms. The summed E-state index contributed by atoms with van der Waals surface area (Å²) in [6, 6.07) is 10.7. The molecular formula is C18H18N6O2. The molecule has 0 fully saturated rings. The van der Waals surface area contributed by atoms with Gasteiger partial charge in [-0.15, -0.1) is 0 Å². The van der Waals surface area contributed by atoms with Gasteiger partial charge in [-0.25, -0.2) is 19.3 Å². The van der Waals surface area contributed by atoms with Gasteiger partial charge in [0.05, 0.1) is 22.6 Å². The van der Waals surface area contributed by atoms with E-state index in [1.54, 1.807) is 12.1 Å². The maximum atomic E-state index is 12.7. The quantitative estimate of drug-likeness (QED) is 0.523. The molecule has 0 spiro atoms. The van der Waals surface area contributed by atoms with Gasteiger partial charge in [0.1, 0.15) is 5.82 Å². The number of benzene rings is 1. The molecule has 0 aliphatic carbocycles. The molecular weight excluding hydrogens is 332 g/mol. The number of imidazole rings is 1. The van der Waals surface area contributed by atoms with Gasteiger partial charge in [-0.3, -0.25) is 4.79 Å². The maximum Gasteiger partial charge on any atom is 0.347 e. The number of nitrogens with zero attached hydrogens (tertiary/aromatic N) is 3. The van der Waals surface area contributed by atoms with Gasteiger partial charge in [-0.2, -0.15) is 5.10 Å². The summed E-state index contributed by atoms with van der Waals surface area (Å²) in [5, 5.41) is 9.22. The van der Waals surface area contributed by atoms with Crippen LogP contribution < -0.4 is 11.0 Å². The van der Waals surface area contributed by atoms with E-state index in [1.807, 2.05) is 38.1 Å². The van der Waals surface area contributed by atoms with Crippen LogP contribution in [0, 0.1) is 5.92 Å². The maximum absolute atomic E-state index is 12.7. The van der Waals surface area contributed by atoms with Gasteiger partial charge < -0.3 is 10.3 Å². The number of H-pyrrole nitrogens is 2. The van der Waals surface area contributed by atoms with Crippen molar-refractivity contribution >= 4 is 22.6 Å². The summed E-state index contributed by atoms with van der Waals surface area (Å²) in [5.41, 5.74) is 2.24. The van der Waals surface area contributed by atoms with Gasteiger partial charge in [0.2, 0.25) is 0 Å². The van der Waals surface area contributed by atoms with E-state index in [4.69, 9.17) is 0 Å². The normalized spacial score (nSPS) is 12.7. The standard InChI is InChI=1S/C18H18N6O2/c1-10(2)15(16-19-12-5-3-4-6-13(12)20-16)21-17(25)11-7-8-14-22-23-18(26)24(14)9-11/h3-10,15H,1-2H3,(H,19,20)(H,21,25)(H,23,26)/t15-/m0/s1. The van der Waals surface area contributed by atoms with Crippen LogP contribution in [0.3, 0.4) is 0 Å². The van der Waals surface area contributed by atoms with E-state index >= 15 is 0 Å². The molecule has 0 saturated heterocycles. The summed E-state index contributed by atoms with van der Waals surface area (Å²) >= 11 is 0. The second-order valence-electron chi connectivity index (χ2n) is 6.51. The van der Waals surface area contributed by atoms with Gasteiger partial charge in [0.15, 0.2) is 5.65 Å². The SMILES string of the molecule is CC(C)[C@H](NC(=O)c1ccc2n[nH]c(=O)n2c1)c1nc2ccccc2[nH]1. The number of aromatic amines is 2. The lowest BCUT2D eigenvalue weighted by molar-refractivity contribution is 0.0923. The van der Waals surface area contributed by atoms with E-state index in [0.717, 1.165) is 11.0 Å². The van der Waals surface area contributed by atoms with E-state index in [1.165, 1.54) is 10.6 Å². The number of aromatic nitrogens is 5. The number of para-hydroxylation sites is 2.